The summed E-state index contributed by atoms with van der Waals surface area (Å²) < 4.78 is 10.4. The summed E-state index contributed by atoms with van der Waals surface area (Å²) in [5.41, 5.74) is 0.851. The molecule has 110 valence electrons. The van der Waals surface area contributed by atoms with Gasteiger partial charge >= 0.3 is 5.97 Å². The van der Waals surface area contributed by atoms with Gasteiger partial charge in [-0.05, 0) is 19.1 Å². The molecule has 21 heavy (non-hydrogen) atoms. The molecule has 1 amide bonds. The van der Waals surface area contributed by atoms with Gasteiger partial charge in [-0.25, -0.2) is 9.78 Å². The molecular weight excluding hydrogens is 272 g/mol. The van der Waals surface area contributed by atoms with E-state index < -0.39 is 5.97 Å². The van der Waals surface area contributed by atoms with E-state index in [1.807, 2.05) is 30.3 Å². The van der Waals surface area contributed by atoms with Crippen LogP contribution in [0.25, 0.3) is 11.5 Å². The molecule has 0 aliphatic rings. The second kappa shape index (κ2) is 6.21. The highest BCUT2D eigenvalue weighted by Crippen LogP contribution is 2.21. The van der Waals surface area contributed by atoms with Crippen LogP contribution in [0, 0.1) is 6.92 Å². The number of aromatic nitrogens is 1. The fourth-order valence-corrected chi connectivity index (χ4v) is 1.61. The van der Waals surface area contributed by atoms with Crippen LogP contribution in [0.5, 0.6) is 0 Å². The van der Waals surface area contributed by atoms with Gasteiger partial charge in [0.25, 0.3) is 5.91 Å². The van der Waals surface area contributed by atoms with Crippen LogP contribution in [0.1, 0.15) is 16.2 Å². The lowest BCUT2D eigenvalue weighted by molar-refractivity contribution is -0.131. The van der Waals surface area contributed by atoms with E-state index in [0.717, 1.165) is 5.56 Å². The van der Waals surface area contributed by atoms with E-state index in [2.05, 4.69) is 4.98 Å². The lowest BCUT2D eigenvalue weighted by Crippen LogP contribution is -2.27. The Morgan fingerprint density at radius 1 is 1.24 bits per heavy atom. The monoisotopic (exact) mass is 288 g/mol. The van der Waals surface area contributed by atoms with Gasteiger partial charge in [0, 0.05) is 19.7 Å². The number of likely N-dealkylation sites (N-methyl/N-ethyl adjacent to an activating group) is 1. The third kappa shape index (κ3) is 3.47. The molecule has 2 rings (SSSR count). The minimum atomic E-state index is -0.673. The number of rotatable bonds is 4. The Labute approximate surface area is 122 Å². The highest BCUT2D eigenvalue weighted by atomic mass is 16.5. The standard InChI is InChI=1S/C15H16N2O4/c1-10-13(15(19)20-9-12(18)17(2)3)16-14(21-10)11-7-5-4-6-8-11/h4-8H,9H2,1-3H3. The van der Waals surface area contributed by atoms with Gasteiger partial charge in [-0.15, -0.1) is 0 Å². The number of benzene rings is 1. The summed E-state index contributed by atoms with van der Waals surface area (Å²) in [6.45, 7) is 1.31. The van der Waals surface area contributed by atoms with E-state index in [9.17, 15) is 9.59 Å². The summed E-state index contributed by atoms with van der Waals surface area (Å²) in [5, 5.41) is 0. The third-order valence-corrected chi connectivity index (χ3v) is 2.84. The zero-order valence-electron chi connectivity index (χ0n) is 12.1. The van der Waals surface area contributed by atoms with Crippen LogP contribution in [0.15, 0.2) is 34.7 Å². The molecule has 1 aromatic heterocycles. The Morgan fingerprint density at radius 2 is 1.90 bits per heavy atom. The Hall–Kier alpha value is -2.63. The fraction of sp³-hybridized carbons (Fsp3) is 0.267. The number of ether oxygens (including phenoxy) is 1. The first-order chi connectivity index (χ1) is 9.99. The average Bonchev–Trinajstić information content (AvgIpc) is 2.87. The molecule has 0 aliphatic carbocycles. The minimum absolute atomic E-state index is 0.0837. The summed E-state index contributed by atoms with van der Waals surface area (Å²) in [5.74, 6) is -0.267. The lowest BCUT2D eigenvalue weighted by Gasteiger charge is -2.09. The van der Waals surface area contributed by atoms with E-state index in [1.165, 1.54) is 4.90 Å². The fourth-order valence-electron chi connectivity index (χ4n) is 1.61. The number of amides is 1. The Bertz CT molecular complexity index is 647. The Morgan fingerprint density at radius 3 is 2.52 bits per heavy atom. The number of hydrogen-bond acceptors (Lipinski definition) is 5. The molecule has 0 bridgehead atoms. The van der Waals surface area contributed by atoms with Gasteiger partial charge in [-0.3, -0.25) is 4.79 Å². The van der Waals surface area contributed by atoms with Gasteiger partial charge in [-0.2, -0.15) is 0 Å². The number of nitrogens with zero attached hydrogens (tertiary/aromatic N) is 2. The normalized spacial score (nSPS) is 10.2. The molecule has 0 unspecified atom stereocenters. The van der Waals surface area contributed by atoms with Gasteiger partial charge in [0.2, 0.25) is 5.89 Å². The van der Waals surface area contributed by atoms with Crippen molar-refractivity contribution in [2.75, 3.05) is 20.7 Å². The van der Waals surface area contributed by atoms with Crippen molar-refractivity contribution in [3.63, 3.8) is 0 Å². The van der Waals surface area contributed by atoms with Crippen molar-refractivity contribution < 1.29 is 18.7 Å². The first-order valence-electron chi connectivity index (χ1n) is 6.39. The Kier molecular flexibility index (Phi) is 4.37. The predicted molar refractivity (Wildman–Crippen MR) is 75.7 cm³/mol. The van der Waals surface area contributed by atoms with E-state index in [1.54, 1.807) is 21.0 Å². The first kappa shape index (κ1) is 14.8. The van der Waals surface area contributed by atoms with E-state index in [4.69, 9.17) is 9.15 Å². The summed E-state index contributed by atoms with van der Waals surface area (Å²) in [7, 11) is 3.18. The van der Waals surface area contributed by atoms with Crippen LogP contribution in [-0.2, 0) is 9.53 Å². The predicted octanol–water partition coefficient (Wildman–Crippen LogP) is 1.90. The van der Waals surface area contributed by atoms with E-state index in [0.29, 0.717) is 11.7 Å². The highest BCUT2D eigenvalue weighted by Gasteiger charge is 2.20. The maximum absolute atomic E-state index is 11.9. The maximum atomic E-state index is 11.9. The molecule has 0 saturated carbocycles. The zero-order valence-corrected chi connectivity index (χ0v) is 12.1. The van der Waals surface area contributed by atoms with Crippen molar-refractivity contribution in [1.82, 2.24) is 9.88 Å². The van der Waals surface area contributed by atoms with Crippen molar-refractivity contribution in [2.45, 2.75) is 6.92 Å². The van der Waals surface area contributed by atoms with Crippen molar-refractivity contribution in [2.24, 2.45) is 0 Å². The van der Waals surface area contributed by atoms with Gasteiger partial charge < -0.3 is 14.1 Å². The number of aryl methyl sites for hydroxylation is 1. The molecule has 1 heterocycles. The number of carbonyl (C=O) groups is 2. The third-order valence-electron chi connectivity index (χ3n) is 2.84. The van der Waals surface area contributed by atoms with Crippen molar-refractivity contribution in [3.05, 3.63) is 41.8 Å². The number of hydrogen-bond donors (Lipinski definition) is 0. The summed E-state index contributed by atoms with van der Waals surface area (Å²) in [6.07, 6.45) is 0. The molecular formula is C15H16N2O4. The number of oxazole rings is 1. The topological polar surface area (TPSA) is 72.6 Å². The van der Waals surface area contributed by atoms with Gasteiger partial charge in [0.05, 0.1) is 0 Å². The van der Waals surface area contributed by atoms with Crippen LogP contribution in [0.2, 0.25) is 0 Å². The molecule has 0 spiro atoms. The summed E-state index contributed by atoms with van der Waals surface area (Å²) >= 11 is 0. The second-order valence-electron chi connectivity index (χ2n) is 4.65. The molecule has 0 radical (unpaired) electrons. The molecule has 0 N–H and O–H groups in total. The summed E-state index contributed by atoms with van der Waals surface area (Å²) in [6, 6.07) is 9.23. The average molecular weight is 288 g/mol. The molecule has 6 nitrogen and oxygen atoms in total. The number of carbonyl (C=O) groups excluding carboxylic acids is 2. The van der Waals surface area contributed by atoms with Crippen molar-refractivity contribution in [1.29, 1.82) is 0 Å². The largest absolute Gasteiger partial charge is 0.451 e. The summed E-state index contributed by atoms with van der Waals surface area (Å²) in [4.78, 5) is 28.8. The molecule has 0 fully saturated rings. The van der Waals surface area contributed by atoms with Crippen molar-refractivity contribution >= 4 is 11.9 Å². The van der Waals surface area contributed by atoms with E-state index >= 15 is 0 Å². The highest BCUT2D eigenvalue weighted by molar-refractivity contribution is 5.90. The number of esters is 1. The van der Waals surface area contributed by atoms with Crippen LogP contribution < -0.4 is 0 Å². The smallest absolute Gasteiger partial charge is 0.361 e. The lowest BCUT2D eigenvalue weighted by atomic mass is 10.2. The van der Waals surface area contributed by atoms with Crippen LogP contribution >= 0.6 is 0 Å². The van der Waals surface area contributed by atoms with E-state index in [-0.39, 0.29) is 18.2 Å². The molecule has 6 heteroatoms. The second-order valence-corrected chi connectivity index (χ2v) is 4.65. The minimum Gasteiger partial charge on any atom is -0.451 e. The molecule has 1 aromatic carbocycles. The first-order valence-corrected chi connectivity index (χ1v) is 6.39. The van der Waals surface area contributed by atoms with Crippen LogP contribution in [0.4, 0.5) is 0 Å². The molecule has 0 aliphatic heterocycles. The molecule has 0 atom stereocenters. The van der Waals surface area contributed by atoms with Gasteiger partial charge in [-0.1, -0.05) is 18.2 Å². The molecule has 0 saturated heterocycles. The SMILES string of the molecule is Cc1oc(-c2ccccc2)nc1C(=O)OCC(=O)N(C)C. The van der Waals surface area contributed by atoms with Gasteiger partial charge in [0.1, 0.15) is 5.76 Å². The quantitative estimate of drug-likeness (QED) is 0.803. The maximum Gasteiger partial charge on any atom is 0.361 e. The van der Waals surface area contributed by atoms with Crippen LogP contribution in [-0.4, -0.2) is 42.5 Å². The van der Waals surface area contributed by atoms with Crippen molar-refractivity contribution in [3.8, 4) is 11.5 Å². The van der Waals surface area contributed by atoms with Gasteiger partial charge in [0.15, 0.2) is 12.3 Å². The zero-order chi connectivity index (χ0) is 15.4. The Balaban J connectivity index is 2.12. The molecule has 2 aromatic rings. The van der Waals surface area contributed by atoms with Crippen LogP contribution in [0.3, 0.4) is 0 Å².